The second-order valence-electron chi connectivity index (χ2n) is 7.12. The van der Waals surface area contributed by atoms with Crippen LogP contribution in [0.25, 0.3) is 11.3 Å². The van der Waals surface area contributed by atoms with Gasteiger partial charge >= 0.3 is 0 Å². The van der Waals surface area contributed by atoms with Crippen LogP contribution >= 0.6 is 12.4 Å². The molecule has 0 spiro atoms. The molecular formula is C21H30ClN3O2. The van der Waals surface area contributed by atoms with Crippen LogP contribution in [0, 0.1) is 0 Å². The molecule has 0 bridgehead atoms. The topological polar surface area (TPSA) is 58.4 Å². The molecule has 1 N–H and O–H groups in total. The minimum absolute atomic E-state index is 0. The summed E-state index contributed by atoms with van der Waals surface area (Å²) in [5.41, 5.74) is 1.98. The number of halogens is 1. The van der Waals surface area contributed by atoms with E-state index in [0.717, 1.165) is 68.6 Å². The van der Waals surface area contributed by atoms with Gasteiger partial charge in [0.25, 0.3) is 0 Å². The van der Waals surface area contributed by atoms with E-state index in [1.807, 2.05) is 48.3 Å². The van der Waals surface area contributed by atoms with Crippen LogP contribution in [-0.2, 0) is 11.2 Å². The lowest BCUT2D eigenvalue weighted by Crippen LogP contribution is -2.47. The molecule has 1 aromatic carbocycles. The summed E-state index contributed by atoms with van der Waals surface area (Å²) in [6, 6.07) is 12.1. The summed E-state index contributed by atoms with van der Waals surface area (Å²) < 4.78 is 5.44. The van der Waals surface area contributed by atoms with Crippen LogP contribution in [-0.4, -0.2) is 42.1 Å². The van der Waals surface area contributed by atoms with Gasteiger partial charge in [-0.2, -0.15) is 0 Å². The second kappa shape index (κ2) is 11.1. The summed E-state index contributed by atoms with van der Waals surface area (Å²) in [6.07, 6.45) is 7.35. The van der Waals surface area contributed by atoms with Gasteiger partial charge in [0.15, 0.2) is 0 Å². The average Bonchev–Trinajstić information content (AvgIpc) is 3.17. The molecule has 6 heteroatoms. The lowest BCUT2D eigenvalue weighted by atomic mass is 10.0. The van der Waals surface area contributed by atoms with Gasteiger partial charge in [-0.15, -0.1) is 12.4 Å². The van der Waals surface area contributed by atoms with E-state index in [1.54, 1.807) is 0 Å². The maximum absolute atomic E-state index is 12.4. The number of benzene rings is 1. The zero-order valence-corrected chi connectivity index (χ0v) is 16.8. The van der Waals surface area contributed by atoms with Crippen LogP contribution < -0.4 is 5.32 Å². The van der Waals surface area contributed by atoms with E-state index in [0.29, 0.717) is 0 Å². The molecular weight excluding hydrogens is 362 g/mol. The smallest absolute Gasteiger partial charge is 0.239 e. The van der Waals surface area contributed by atoms with Gasteiger partial charge in [-0.3, -0.25) is 4.79 Å². The molecule has 0 radical (unpaired) electrons. The molecule has 1 fully saturated rings. The first-order valence-electron chi connectivity index (χ1n) is 9.73. The van der Waals surface area contributed by atoms with Gasteiger partial charge in [0, 0.05) is 31.6 Å². The maximum Gasteiger partial charge on any atom is 0.239 e. The van der Waals surface area contributed by atoms with Gasteiger partial charge in [-0.25, -0.2) is 0 Å². The van der Waals surface area contributed by atoms with Gasteiger partial charge in [0.05, 0.1) is 6.04 Å². The Labute approximate surface area is 167 Å². The Bertz CT molecular complexity index is 684. The molecule has 3 rings (SSSR count). The monoisotopic (exact) mass is 391 g/mol. The number of carbonyl (C=O) groups is 1. The zero-order chi connectivity index (χ0) is 18.2. The van der Waals surface area contributed by atoms with Crippen LogP contribution in [0.2, 0.25) is 0 Å². The number of unbranched alkanes of at least 4 members (excludes halogenated alkanes) is 2. The first kappa shape index (κ1) is 21.5. The van der Waals surface area contributed by atoms with E-state index < -0.39 is 0 Å². The number of hydrogen-bond donors (Lipinski definition) is 1. The first-order valence-corrected chi connectivity index (χ1v) is 9.73. The molecule has 1 amide bonds. The van der Waals surface area contributed by atoms with Crippen LogP contribution in [0.5, 0.6) is 0 Å². The van der Waals surface area contributed by atoms with Crippen molar-refractivity contribution in [2.24, 2.45) is 0 Å². The Kier molecular flexibility index (Phi) is 8.82. The molecule has 1 aromatic heterocycles. The van der Waals surface area contributed by atoms with Crippen molar-refractivity contribution in [3.63, 3.8) is 0 Å². The number of amides is 1. The van der Waals surface area contributed by atoms with E-state index in [-0.39, 0.29) is 24.4 Å². The predicted octanol–water partition coefficient (Wildman–Crippen LogP) is 4.08. The molecule has 1 atom stereocenters. The minimum Gasteiger partial charge on any atom is -0.361 e. The Morgan fingerprint density at radius 3 is 2.78 bits per heavy atom. The Balaban J connectivity index is 0.00000261. The van der Waals surface area contributed by atoms with Gasteiger partial charge in [0.1, 0.15) is 11.5 Å². The average molecular weight is 392 g/mol. The standard InChI is InChI=1S/C21H29N3O2.ClH/c1-24(21(25)19-13-7-8-14-22-19)15-9-3-6-12-18-16-20(23-26-18)17-10-4-2-5-11-17;/h2,4-5,10-11,16,19,22H,3,6-9,12-15H2,1H3;1H. The highest BCUT2D eigenvalue weighted by molar-refractivity contribution is 5.85. The number of hydrogen-bond acceptors (Lipinski definition) is 4. The van der Waals surface area contributed by atoms with E-state index >= 15 is 0 Å². The minimum atomic E-state index is 0. The summed E-state index contributed by atoms with van der Waals surface area (Å²) in [4.78, 5) is 14.2. The van der Waals surface area contributed by atoms with E-state index in [9.17, 15) is 4.79 Å². The van der Waals surface area contributed by atoms with Gasteiger partial charge in [-0.1, -0.05) is 48.3 Å². The molecule has 0 saturated carbocycles. The highest BCUT2D eigenvalue weighted by Crippen LogP contribution is 2.19. The number of nitrogens with zero attached hydrogens (tertiary/aromatic N) is 2. The molecule has 1 unspecified atom stereocenters. The van der Waals surface area contributed by atoms with Crippen LogP contribution in [0.1, 0.15) is 44.3 Å². The fourth-order valence-corrected chi connectivity index (χ4v) is 3.44. The number of aryl methyl sites for hydroxylation is 1. The molecule has 1 saturated heterocycles. The quantitative estimate of drug-likeness (QED) is 0.689. The Hall–Kier alpha value is -1.85. The Morgan fingerprint density at radius 2 is 2.04 bits per heavy atom. The largest absolute Gasteiger partial charge is 0.361 e. The first-order chi connectivity index (χ1) is 12.7. The number of nitrogens with one attached hydrogen (secondary N) is 1. The lowest BCUT2D eigenvalue weighted by Gasteiger charge is -2.27. The number of carbonyl (C=O) groups excluding carboxylic acids is 1. The van der Waals surface area contributed by atoms with Crippen molar-refractivity contribution in [1.82, 2.24) is 15.4 Å². The third kappa shape index (κ3) is 6.36. The highest BCUT2D eigenvalue weighted by Gasteiger charge is 2.23. The SMILES string of the molecule is CN(CCCCCc1cc(-c2ccccc2)no1)C(=O)C1CCCCN1.Cl. The van der Waals surface area contributed by atoms with Crippen molar-refractivity contribution in [3.05, 3.63) is 42.2 Å². The number of rotatable bonds is 8. The zero-order valence-electron chi connectivity index (χ0n) is 16.0. The lowest BCUT2D eigenvalue weighted by molar-refractivity contribution is -0.132. The van der Waals surface area contributed by atoms with E-state index in [4.69, 9.17) is 4.52 Å². The van der Waals surface area contributed by atoms with Crippen molar-refractivity contribution in [3.8, 4) is 11.3 Å². The van der Waals surface area contributed by atoms with Gasteiger partial charge in [-0.05, 0) is 32.2 Å². The fourth-order valence-electron chi connectivity index (χ4n) is 3.44. The van der Waals surface area contributed by atoms with Crippen molar-refractivity contribution >= 4 is 18.3 Å². The molecule has 1 aliphatic heterocycles. The highest BCUT2D eigenvalue weighted by atomic mass is 35.5. The van der Waals surface area contributed by atoms with Crippen molar-refractivity contribution < 1.29 is 9.32 Å². The fraction of sp³-hybridized carbons (Fsp3) is 0.524. The number of aromatic nitrogens is 1. The maximum atomic E-state index is 12.4. The number of piperidine rings is 1. The molecule has 1 aliphatic rings. The van der Waals surface area contributed by atoms with Gasteiger partial charge in [0.2, 0.25) is 5.91 Å². The van der Waals surface area contributed by atoms with Crippen molar-refractivity contribution in [1.29, 1.82) is 0 Å². The molecule has 5 nitrogen and oxygen atoms in total. The third-order valence-electron chi connectivity index (χ3n) is 5.03. The predicted molar refractivity (Wildman–Crippen MR) is 110 cm³/mol. The van der Waals surface area contributed by atoms with Crippen LogP contribution in [0.3, 0.4) is 0 Å². The number of likely N-dealkylation sites (N-methyl/N-ethyl adjacent to an activating group) is 1. The summed E-state index contributed by atoms with van der Waals surface area (Å²) in [6.45, 7) is 1.79. The van der Waals surface area contributed by atoms with E-state index in [2.05, 4.69) is 10.5 Å². The third-order valence-corrected chi connectivity index (χ3v) is 5.03. The summed E-state index contributed by atoms with van der Waals surface area (Å²) in [7, 11) is 1.92. The summed E-state index contributed by atoms with van der Waals surface area (Å²) in [5.74, 6) is 1.17. The van der Waals surface area contributed by atoms with Crippen molar-refractivity contribution in [2.75, 3.05) is 20.1 Å². The second-order valence-corrected chi connectivity index (χ2v) is 7.12. The molecule has 148 valence electrons. The Morgan fingerprint density at radius 1 is 1.22 bits per heavy atom. The summed E-state index contributed by atoms with van der Waals surface area (Å²) in [5, 5.41) is 7.48. The molecule has 2 aromatic rings. The van der Waals surface area contributed by atoms with Crippen LogP contribution in [0.15, 0.2) is 40.9 Å². The van der Waals surface area contributed by atoms with Gasteiger partial charge < -0.3 is 14.7 Å². The van der Waals surface area contributed by atoms with E-state index in [1.165, 1.54) is 6.42 Å². The normalized spacial score (nSPS) is 16.6. The van der Waals surface area contributed by atoms with Crippen LogP contribution in [0.4, 0.5) is 0 Å². The molecule has 27 heavy (non-hydrogen) atoms. The molecule has 0 aliphatic carbocycles. The molecule has 2 heterocycles. The van der Waals surface area contributed by atoms with Crippen molar-refractivity contribution in [2.45, 2.75) is 51.0 Å². The summed E-state index contributed by atoms with van der Waals surface area (Å²) >= 11 is 0.